The summed E-state index contributed by atoms with van der Waals surface area (Å²) in [5.74, 6) is 0.158. The van der Waals surface area contributed by atoms with Crippen LogP contribution >= 0.6 is 23.2 Å². The molecule has 0 fully saturated rings. The minimum Gasteiger partial charge on any atom is -0.332 e. The minimum absolute atomic E-state index is 0.144. The normalized spacial score (nSPS) is 12.1. The number of amides is 1. The Morgan fingerprint density at radius 1 is 1.20 bits per heavy atom. The fourth-order valence-electron chi connectivity index (χ4n) is 2.75. The molecule has 0 radical (unpaired) electrons. The molecule has 0 saturated heterocycles. The molecule has 4 nitrogen and oxygen atoms in total. The van der Waals surface area contributed by atoms with Crippen LogP contribution in [-0.2, 0) is 4.79 Å². The number of quaternary nitrogens is 1. The largest absolute Gasteiger partial charge is 0.332 e. The van der Waals surface area contributed by atoms with Gasteiger partial charge in [0.25, 0.3) is 5.91 Å². The molecule has 128 valence electrons. The third-order valence-corrected chi connectivity index (χ3v) is 4.53. The molecule has 0 spiro atoms. The van der Waals surface area contributed by atoms with Crippen LogP contribution in [-0.4, -0.2) is 17.4 Å². The lowest BCUT2D eigenvalue weighted by atomic mass is 10.00. The Hall–Kier alpha value is -2.14. The van der Waals surface area contributed by atoms with E-state index in [1.165, 1.54) is 22.5 Å². The van der Waals surface area contributed by atoms with Crippen molar-refractivity contribution >= 4 is 45.7 Å². The second-order valence-corrected chi connectivity index (χ2v) is 6.67. The Morgan fingerprint density at radius 3 is 2.76 bits per heavy atom. The standard InChI is InChI=1S/C19H17Cl2N3O/c1-12(15-8-4-6-13-5-2-3-7-16(13)15)22-11-18(25)24-19-17(21)9-14(20)10-23-19/h2-10,12,22H,11H2,1H3,(H,23,24,25)/p+1/t12-/m0/s1. The summed E-state index contributed by atoms with van der Waals surface area (Å²) in [5, 5.41) is 7.85. The van der Waals surface area contributed by atoms with Crippen molar-refractivity contribution in [1.82, 2.24) is 4.98 Å². The van der Waals surface area contributed by atoms with Gasteiger partial charge >= 0.3 is 0 Å². The molecule has 1 heterocycles. The lowest BCUT2D eigenvalue weighted by Gasteiger charge is -2.14. The number of nitrogens with zero attached hydrogens (tertiary/aromatic N) is 1. The van der Waals surface area contributed by atoms with E-state index in [1.54, 1.807) is 6.07 Å². The van der Waals surface area contributed by atoms with Crippen LogP contribution in [0.25, 0.3) is 10.8 Å². The number of nitrogens with two attached hydrogens (primary N) is 1. The number of hydrogen-bond donors (Lipinski definition) is 2. The Kier molecular flexibility index (Phi) is 5.53. The average molecular weight is 375 g/mol. The van der Waals surface area contributed by atoms with E-state index >= 15 is 0 Å². The zero-order chi connectivity index (χ0) is 17.8. The first kappa shape index (κ1) is 17.7. The summed E-state index contributed by atoms with van der Waals surface area (Å²) in [4.78, 5) is 16.2. The van der Waals surface area contributed by atoms with E-state index in [0.29, 0.717) is 15.9 Å². The molecule has 1 atom stereocenters. The molecule has 1 amide bonds. The van der Waals surface area contributed by atoms with Crippen LogP contribution in [0.15, 0.2) is 54.7 Å². The van der Waals surface area contributed by atoms with Crippen molar-refractivity contribution in [1.29, 1.82) is 0 Å². The van der Waals surface area contributed by atoms with Gasteiger partial charge in [0.1, 0.15) is 6.04 Å². The highest BCUT2D eigenvalue weighted by molar-refractivity contribution is 6.36. The van der Waals surface area contributed by atoms with E-state index in [2.05, 4.69) is 41.5 Å². The van der Waals surface area contributed by atoms with Crippen LogP contribution in [0.4, 0.5) is 5.82 Å². The number of pyridine rings is 1. The number of benzene rings is 2. The fraction of sp³-hybridized carbons (Fsp3) is 0.158. The highest BCUT2D eigenvalue weighted by Gasteiger charge is 2.15. The zero-order valence-corrected chi connectivity index (χ0v) is 15.2. The second kappa shape index (κ2) is 7.83. The maximum absolute atomic E-state index is 12.2. The number of halogens is 2. The van der Waals surface area contributed by atoms with Gasteiger partial charge in [-0.05, 0) is 23.8 Å². The lowest BCUT2D eigenvalue weighted by Crippen LogP contribution is -2.86. The Morgan fingerprint density at radius 2 is 1.96 bits per heavy atom. The molecule has 25 heavy (non-hydrogen) atoms. The topological polar surface area (TPSA) is 58.6 Å². The first-order chi connectivity index (χ1) is 12.0. The first-order valence-corrected chi connectivity index (χ1v) is 8.72. The Bertz CT molecular complexity index is 909. The summed E-state index contributed by atoms with van der Waals surface area (Å²) in [6.07, 6.45) is 1.45. The van der Waals surface area contributed by atoms with Gasteiger partial charge in [0.2, 0.25) is 0 Å². The number of aromatic nitrogens is 1. The summed E-state index contributed by atoms with van der Waals surface area (Å²) >= 11 is 11.8. The highest BCUT2D eigenvalue weighted by Crippen LogP contribution is 2.23. The maximum atomic E-state index is 12.2. The van der Waals surface area contributed by atoms with Crippen molar-refractivity contribution in [2.24, 2.45) is 0 Å². The summed E-state index contributed by atoms with van der Waals surface area (Å²) < 4.78 is 0. The van der Waals surface area contributed by atoms with Crippen LogP contribution in [0.1, 0.15) is 18.5 Å². The van der Waals surface area contributed by atoms with Crippen molar-refractivity contribution in [3.05, 3.63) is 70.3 Å². The molecular formula is C19H18Cl2N3O+. The quantitative estimate of drug-likeness (QED) is 0.713. The Balaban J connectivity index is 1.65. The number of fused-ring (bicyclic) bond motifs is 1. The van der Waals surface area contributed by atoms with Gasteiger partial charge in [0.15, 0.2) is 12.4 Å². The monoisotopic (exact) mass is 374 g/mol. The van der Waals surface area contributed by atoms with Crippen molar-refractivity contribution in [2.75, 3.05) is 11.9 Å². The van der Waals surface area contributed by atoms with E-state index < -0.39 is 0 Å². The molecule has 6 heteroatoms. The van der Waals surface area contributed by atoms with Gasteiger partial charge in [-0.25, -0.2) is 4.98 Å². The first-order valence-electron chi connectivity index (χ1n) is 7.96. The summed E-state index contributed by atoms with van der Waals surface area (Å²) in [6.45, 7) is 2.35. The number of rotatable bonds is 5. The van der Waals surface area contributed by atoms with Crippen LogP contribution in [0.3, 0.4) is 0 Å². The molecule has 0 aliphatic carbocycles. The van der Waals surface area contributed by atoms with E-state index in [9.17, 15) is 4.79 Å². The molecule has 0 bridgehead atoms. The fourth-order valence-corrected chi connectivity index (χ4v) is 3.18. The van der Waals surface area contributed by atoms with E-state index in [1.807, 2.05) is 23.5 Å². The van der Waals surface area contributed by atoms with E-state index in [-0.39, 0.29) is 18.5 Å². The van der Waals surface area contributed by atoms with Gasteiger partial charge in [-0.2, -0.15) is 0 Å². The predicted molar refractivity (Wildman–Crippen MR) is 102 cm³/mol. The number of nitrogens with one attached hydrogen (secondary N) is 1. The zero-order valence-electron chi connectivity index (χ0n) is 13.7. The molecule has 3 N–H and O–H groups in total. The van der Waals surface area contributed by atoms with Gasteiger partial charge in [-0.15, -0.1) is 0 Å². The van der Waals surface area contributed by atoms with Gasteiger partial charge in [-0.3, -0.25) is 4.79 Å². The third-order valence-electron chi connectivity index (χ3n) is 4.04. The van der Waals surface area contributed by atoms with E-state index in [0.717, 1.165) is 0 Å². The number of carbonyl (C=O) groups excluding carboxylic acids is 1. The van der Waals surface area contributed by atoms with Crippen molar-refractivity contribution in [2.45, 2.75) is 13.0 Å². The number of hydrogen-bond acceptors (Lipinski definition) is 2. The number of anilines is 1. The second-order valence-electron chi connectivity index (χ2n) is 5.83. The molecule has 3 rings (SSSR count). The SMILES string of the molecule is C[C@H]([NH2+]CC(=O)Nc1ncc(Cl)cc1Cl)c1cccc2ccccc12. The summed E-state index contributed by atoms with van der Waals surface area (Å²) in [7, 11) is 0. The molecular weight excluding hydrogens is 357 g/mol. The number of carbonyl (C=O) groups is 1. The molecule has 1 aromatic heterocycles. The summed E-state index contributed by atoms with van der Waals surface area (Å²) in [6, 6.07) is 16.2. The van der Waals surface area contributed by atoms with Gasteiger partial charge < -0.3 is 10.6 Å². The molecule has 2 aromatic carbocycles. The molecule has 0 aliphatic heterocycles. The van der Waals surface area contributed by atoms with Crippen LogP contribution in [0.2, 0.25) is 10.0 Å². The van der Waals surface area contributed by atoms with Gasteiger partial charge in [-0.1, -0.05) is 65.7 Å². The Labute approximate surface area is 156 Å². The molecule has 0 aliphatic rings. The van der Waals surface area contributed by atoms with Crippen LogP contribution < -0.4 is 10.6 Å². The van der Waals surface area contributed by atoms with Crippen molar-refractivity contribution in [3.8, 4) is 0 Å². The smallest absolute Gasteiger partial charge is 0.280 e. The van der Waals surface area contributed by atoms with Crippen LogP contribution in [0.5, 0.6) is 0 Å². The van der Waals surface area contributed by atoms with Gasteiger partial charge in [0.05, 0.1) is 10.0 Å². The molecule has 0 saturated carbocycles. The molecule has 3 aromatic rings. The predicted octanol–water partition coefficient (Wildman–Crippen LogP) is 3.80. The van der Waals surface area contributed by atoms with E-state index in [4.69, 9.17) is 23.2 Å². The molecule has 0 unspecified atom stereocenters. The van der Waals surface area contributed by atoms with Gasteiger partial charge in [0, 0.05) is 11.8 Å². The van der Waals surface area contributed by atoms with Crippen molar-refractivity contribution < 1.29 is 10.1 Å². The minimum atomic E-state index is -0.163. The van der Waals surface area contributed by atoms with Crippen molar-refractivity contribution in [3.63, 3.8) is 0 Å². The van der Waals surface area contributed by atoms with Crippen LogP contribution in [0, 0.1) is 0 Å². The highest BCUT2D eigenvalue weighted by atomic mass is 35.5. The maximum Gasteiger partial charge on any atom is 0.280 e. The average Bonchev–Trinajstić information content (AvgIpc) is 2.61. The lowest BCUT2D eigenvalue weighted by molar-refractivity contribution is -0.682. The third kappa shape index (κ3) is 4.28. The summed E-state index contributed by atoms with van der Waals surface area (Å²) in [5.41, 5.74) is 1.20.